The zero-order chi connectivity index (χ0) is 58.4. The lowest BCUT2D eigenvalue weighted by Gasteiger charge is -2.30. The van der Waals surface area contributed by atoms with E-state index in [2.05, 4.69) is 31.9 Å². The zero-order valence-electron chi connectivity index (χ0n) is 48.8. The highest BCUT2D eigenvalue weighted by molar-refractivity contribution is 6.01. The summed E-state index contributed by atoms with van der Waals surface area (Å²) < 4.78 is 0. The average molecular weight is 1190 g/mol. The Kier molecular flexibility index (Phi) is 27.8. The van der Waals surface area contributed by atoms with Crippen molar-refractivity contribution >= 4 is 71.8 Å². The lowest BCUT2D eigenvalue weighted by molar-refractivity contribution is -0.142. The van der Waals surface area contributed by atoms with Crippen molar-refractivity contribution in [2.24, 2.45) is 0 Å². The van der Waals surface area contributed by atoms with Gasteiger partial charge < -0.3 is 41.7 Å². The molecule has 0 aliphatic carbocycles. The smallest absolute Gasteiger partial charge is 0.245 e. The summed E-state index contributed by atoms with van der Waals surface area (Å²) in [6, 6.07) is 40.5. The van der Waals surface area contributed by atoms with E-state index in [-0.39, 0.29) is 84.7 Å². The van der Waals surface area contributed by atoms with Crippen LogP contribution in [0.1, 0.15) is 159 Å². The first-order valence-electron chi connectivity index (χ1n) is 29.3. The molecule has 0 saturated carbocycles. The van der Waals surface area contributed by atoms with Crippen LogP contribution in [0.2, 0.25) is 0 Å². The van der Waals surface area contributed by atoms with Crippen LogP contribution in [0.4, 0.5) is 0 Å². The van der Waals surface area contributed by atoms with Gasteiger partial charge in [0.2, 0.25) is 35.4 Å². The Morgan fingerprint density at radius 2 is 0.774 bits per heavy atom. The average Bonchev–Trinajstić information content (AvgIpc) is 4.28. The van der Waals surface area contributed by atoms with E-state index in [9.17, 15) is 38.4 Å². The van der Waals surface area contributed by atoms with Gasteiger partial charge in [0.1, 0.15) is 24.2 Å². The van der Waals surface area contributed by atoms with E-state index in [4.69, 9.17) is 0 Å². The molecule has 2 heterocycles. The maximum atomic E-state index is 14.3. The highest BCUT2D eigenvalue weighted by Crippen LogP contribution is 2.28. The van der Waals surface area contributed by atoms with Crippen molar-refractivity contribution in [3.63, 3.8) is 0 Å². The molecule has 0 aromatic heterocycles. The van der Waals surface area contributed by atoms with E-state index >= 15 is 0 Å². The molecule has 2 aliphatic heterocycles. The summed E-state index contributed by atoms with van der Waals surface area (Å²) in [5.74, 6) is -2.00. The molecule has 0 unspecified atom stereocenters. The quantitative estimate of drug-likeness (QED) is 0.0190. The number of hydrogen-bond donors (Lipinski definition) is 6. The molecule has 7 rings (SSSR count). The molecule has 5 aromatic rings. The number of likely N-dealkylation sites (N-methyl/N-ethyl adjacent to an activating group) is 2. The fourth-order valence-electron chi connectivity index (χ4n) is 10.9. The van der Waals surface area contributed by atoms with Gasteiger partial charge in [-0.2, -0.15) is 0 Å². The molecule has 0 bridgehead atoms. The maximum absolute atomic E-state index is 14.3. The maximum Gasteiger partial charge on any atom is 0.245 e. The third kappa shape index (κ3) is 18.9. The van der Waals surface area contributed by atoms with Crippen LogP contribution in [-0.2, 0) is 28.8 Å². The molecule has 450 valence electrons. The van der Waals surface area contributed by atoms with Gasteiger partial charge in [0.05, 0.1) is 24.2 Å². The number of amides is 6. The number of nitrogens with one attached hydrogen (secondary N) is 6. The Morgan fingerprint density at radius 3 is 1.10 bits per heavy atom. The number of hydrogen-bond acceptors (Lipinski definition) is 10. The molecule has 2 aliphatic rings. The van der Waals surface area contributed by atoms with Crippen LogP contribution >= 0.6 is 24.8 Å². The second-order valence-electron chi connectivity index (χ2n) is 21.7. The van der Waals surface area contributed by atoms with Crippen LogP contribution in [0.3, 0.4) is 0 Å². The van der Waals surface area contributed by atoms with Crippen LogP contribution in [0.5, 0.6) is 0 Å². The minimum absolute atomic E-state index is 0. The van der Waals surface area contributed by atoms with Crippen molar-refractivity contribution in [2.45, 2.75) is 152 Å². The number of unbranched alkanes of at least 4 members (excludes halogenated alkanes) is 4. The van der Waals surface area contributed by atoms with Crippen molar-refractivity contribution < 1.29 is 38.4 Å². The topological polar surface area (TPSA) is 215 Å². The summed E-state index contributed by atoms with van der Waals surface area (Å²) in [6.45, 7) is 4.21. The Bertz CT molecular complexity index is 2650. The first-order valence-corrected chi connectivity index (χ1v) is 29.3. The molecule has 0 spiro atoms. The van der Waals surface area contributed by atoms with Crippen molar-refractivity contribution in [3.05, 3.63) is 179 Å². The normalized spacial score (nSPS) is 16.1. The SMILES string of the molecule is CN[C@@H](C)C(=O)N[C@@H](CCCCCC(=O)c1cccc(C(=O)CCCCC[C@H](NC(=O)[C@H](C)NC)C(=O)N2CCC[C@H]2C(=O)NC(c2ccccc2)c2ccccc2)c1)C(=O)N1CCC[C@H]1C(=O)NC(c1ccccc1)c1ccccc1.Cl.Cl. The van der Waals surface area contributed by atoms with Gasteiger partial charge in [0, 0.05) is 37.1 Å². The number of nitrogens with zero attached hydrogens (tertiary/aromatic N) is 2. The fraction of sp³-hybridized carbons (Fsp3) is 0.424. The third-order valence-corrected chi connectivity index (χ3v) is 16.0. The van der Waals surface area contributed by atoms with Gasteiger partial charge in [0.15, 0.2) is 11.6 Å². The molecule has 0 radical (unpaired) electrons. The van der Waals surface area contributed by atoms with Crippen LogP contribution in [0, 0.1) is 0 Å². The van der Waals surface area contributed by atoms with Crippen LogP contribution in [0.25, 0.3) is 0 Å². The van der Waals surface area contributed by atoms with Crippen molar-refractivity contribution in [2.75, 3.05) is 27.2 Å². The second kappa shape index (κ2) is 34.5. The summed E-state index contributed by atoms with van der Waals surface area (Å²) in [4.78, 5) is 113. The largest absolute Gasteiger partial charge is 0.343 e. The molecule has 6 N–H and O–H groups in total. The lowest BCUT2D eigenvalue weighted by atomic mass is 9.97. The van der Waals surface area contributed by atoms with Gasteiger partial charge in [0.25, 0.3) is 0 Å². The van der Waals surface area contributed by atoms with Gasteiger partial charge in [-0.1, -0.05) is 165 Å². The second-order valence-corrected chi connectivity index (χ2v) is 21.7. The molecule has 16 nitrogen and oxygen atoms in total. The van der Waals surface area contributed by atoms with E-state index in [0.717, 1.165) is 22.3 Å². The number of likely N-dealkylation sites (tertiary alicyclic amines) is 2. The number of carbonyl (C=O) groups excluding carboxylic acids is 8. The molecular formula is C66H84Cl2N8O8. The monoisotopic (exact) mass is 1190 g/mol. The van der Waals surface area contributed by atoms with E-state index < -0.39 is 48.3 Å². The molecule has 5 aromatic carbocycles. The first-order chi connectivity index (χ1) is 39.8. The van der Waals surface area contributed by atoms with Crippen LogP contribution in [-0.4, -0.2) is 120 Å². The molecular weight excluding hydrogens is 1100 g/mol. The Labute approximate surface area is 507 Å². The van der Waals surface area contributed by atoms with E-state index in [0.29, 0.717) is 101 Å². The van der Waals surface area contributed by atoms with E-state index in [1.807, 2.05) is 121 Å². The number of halogens is 2. The first kappa shape index (κ1) is 67.5. The summed E-state index contributed by atoms with van der Waals surface area (Å²) in [7, 11) is 3.34. The molecule has 2 saturated heterocycles. The van der Waals surface area contributed by atoms with Crippen LogP contribution in [0.15, 0.2) is 146 Å². The number of ketones is 2. The Hall–Kier alpha value is -7.24. The molecule has 18 heteroatoms. The highest BCUT2D eigenvalue weighted by atomic mass is 35.5. The standard InChI is InChI=1S/C66H82N8O8.2ClH/c1-45(67-3)61(77)69-53(65(81)73-42-24-38-55(73)63(79)71-59(47-26-11-5-12-27-47)48-28-13-6-14-29-48)36-19-9-21-40-57(75)51-34-23-35-52(44-51)58(76)41-22-10-20-37-54(70-62(78)46(2)68-4)66(82)74-43-25-39-56(74)64(80)72-60(49-30-15-7-16-31-49)50-32-17-8-18-33-50;;/h5-8,11-18,23,26-35,44-46,53-56,59-60,67-68H,9-10,19-22,24-25,36-43H2,1-4H3,(H,69,77)(H,70,78)(H,71,79)(H,72,80);2*1H/t45-,46-,53-,54-,55-,56-;;/m0../s1. The van der Waals surface area contributed by atoms with Gasteiger partial charge in [-0.05, 0) is 108 Å². The summed E-state index contributed by atoms with van der Waals surface area (Å²) in [6.07, 6.45) is 6.75. The van der Waals surface area contributed by atoms with E-state index in [1.165, 1.54) is 0 Å². The predicted molar refractivity (Wildman–Crippen MR) is 332 cm³/mol. The van der Waals surface area contributed by atoms with Gasteiger partial charge in [-0.3, -0.25) is 38.4 Å². The van der Waals surface area contributed by atoms with Crippen LogP contribution < -0.4 is 31.9 Å². The minimum atomic E-state index is -0.867. The summed E-state index contributed by atoms with van der Waals surface area (Å²) >= 11 is 0. The predicted octanol–water partition coefficient (Wildman–Crippen LogP) is 8.78. The Morgan fingerprint density at radius 1 is 0.440 bits per heavy atom. The zero-order valence-corrected chi connectivity index (χ0v) is 50.4. The number of benzene rings is 5. The lowest BCUT2D eigenvalue weighted by Crippen LogP contribution is -2.55. The van der Waals surface area contributed by atoms with Crippen molar-refractivity contribution in [1.82, 2.24) is 41.7 Å². The summed E-state index contributed by atoms with van der Waals surface area (Å²) in [5.41, 5.74) is 4.55. The summed E-state index contributed by atoms with van der Waals surface area (Å²) in [5, 5.41) is 18.2. The van der Waals surface area contributed by atoms with Gasteiger partial charge in [-0.15, -0.1) is 24.8 Å². The van der Waals surface area contributed by atoms with Gasteiger partial charge >= 0.3 is 0 Å². The number of carbonyl (C=O) groups is 8. The molecule has 6 amide bonds. The van der Waals surface area contributed by atoms with E-state index in [1.54, 1.807) is 62.0 Å². The molecule has 84 heavy (non-hydrogen) atoms. The number of rotatable bonds is 30. The van der Waals surface area contributed by atoms with Crippen molar-refractivity contribution in [1.29, 1.82) is 0 Å². The fourth-order valence-corrected chi connectivity index (χ4v) is 10.9. The minimum Gasteiger partial charge on any atom is -0.343 e. The van der Waals surface area contributed by atoms with Crippen molar-refractivity contribution in [3.8, 4) is 0 Å². The third-order valence-electron chi connectivity index (χ3n) is 16.0. The number of Topliss-reactive ketones (excluding diaryl/α,β-unsaturated/α-hetero) is 2. The molecule has 2 fully saturated rings. The highest BCUT2D eigenvalue weighted by Gasteiger charge is 2.40. The Balaban J connectivity index is 0.00000645. The molecule has 6 atom stereocenters. The van der Waals surface area contributed by atoms with Gasteiger partial charge in [-0.25, -0.2) is 0 Å².